The number of carbonyl (C=O) groups is 2. The topological polar surface area (TPSA) is 74.8 Å². The van der Waals surface area contributed by atoms with Gasteiger partial charge in [-0.15, -0.1) is 11.3 Å². The average Bonchev–Trinajstić information content (AvgIpc) is 3.14. The average molecular weight is 423 g/mol. The molecule has 0 aliphatic carbocycles. The number of nitrogens with zero attached hydrogens (tertiary/aromatic N) is 3. The van der Waals surface area contributed by atoms with Crippen molar-refractivity contribution in [2.45, 2.75) is 71.6 Å². The molecule has 2 aliphatic heterocycles. The van der Waals surface area contributed by atoms with E-state index in [2.05, 4.69) is 31.1 Å². The minimum atomic E-state index is -0.0742. The minimum absolute atomic E-state index is 0.00411. The van der Waals surface area contributed by atoms with E-state index in [1.54, 1.807) is 11.3 Å². The fourth-order valence-corrected chi connectivity index (χ4v) is 4.86. The van der Waals surface area contributed by atoms with Gasteiger partial charge in [0.15, 0.2) is 0 Å². The number of ether oxygens (including phenoxy) is 1. The number of likely N-dealkylation sites (tertiary alicyclic amines) is 1. The van der Waals surface area contributed by atoms with E-state index < -0.39 is 0 Å². The van der Waals surface area contributed by atoms with Crippen molar-refractivity contribution in [3.05, 3.63) is 16.1 Å². The van der Waals surface area contributed by atoms with Crippen LogP contribution in [0.4, 0.5) is 4.79 Å². The molecule has 1 aromatic rings. The van der Waals surface area contributed by atoms with E-state index >= 15 is 0 Å². The highest BCUT2D eigenvalue weighted by Gasteiger charge is 2.33. The molecule has 29 heavy (non-hydrogen) atoms. The Kier molecular flexibility index (Phi) is 6.83. The molecule has 162 valence electrons. The zero-order chi connectivity index (χ0) is 21.2. The first-order valence-electron chi connectivity index (χ1n) is 10.6. The lowest BCUT2D eigenvalue weighted by Crippen LogP contribution is -2.52. The molecule has 2 aliphatic rings. The van der Waals surface area contributed by atoms with E-state index in [9.17, 15) is 9.59 Å². The molecule has 0 aromatic carbocycles. The van der Waals surface area contributed by atoms with Gasteiger partial charge in [0.1, 0.15) is 0 Å². The fourth-order valence-electron chi connectivity index (χ4n) is 3.96. The van der Waals surface area contributed by atoms with Crippen LogP contribution >= 0.6 is 11.3 Å². The van der Waals surface area contributed by atoms with Crippen LogP contribution in [0.2, 0.25) is 0 Å². The van der Waals surface area contributed by atoms with Crippen molar-refractivity contribution >= 4 is 23.3 Å². The Morgan fingerprint density at radius 3 is 2.34 bits per heavy atom. The summed E-state index contributed by atoms with van der Waals surface area (Å²) in [5.74, 6) is 0.216. The van der Waals surface area contributed by atoms with Gasteiger partial charge in [-0.25, -0.2) is 9.78 Å². The summed E-state index contributed by atoms with van der Waals surface area (Å²) < 4.78 is 5.73. The van der Waals surface area contributed by atoms with Crippen molar-refractivity contribution in [3.63, 3.8) is 0 Å². The van der Waals surface area contributed by atoms with Crippen LogP contribution in [0, 0.1) is 5.92 Å². The third kappa shape index (κ3) is 5.69. The monoisotopic (exact) mass is 422 g/mol. The molecule has 0 radical (unpaired) electrons. The Bertz CT molecular complexity index is 712. The molecular formula is C21H34N4O3S. The lowest BCUT2D eigenvalue weighted by atomic mass is 9.95. The largest absolute Gasteiger partial charge is 0.372 e. The molecule has 2 fully saturated rings. The standard InChI is InChI=1S/C21H34N4O3S/c1-14-11-25(12-15(2)28-14)18(26)16-6-8-24(9-7-16)20(27)22-10-17-13-29-19(23-17)21(3,4)5/h13-16H,6-12H2,1-5H3,(H,22,27). The van der Waals surface area contributed by atoms with Gasteiger partial charge in [-0.2, -0.15) is 0 Å². The third-order valence-corrected chi connectivity index (χ3v) is 6.79. The number of thiazole rings is 1. The highest BCUT2D eigenvalue weighted by atomic mass is 32.1. The van der Waals surface area contributed by atoms with E-state index in [-0.39, 0.29) is 35.5 Å². The summed E-state index contributed by atoms with van der Waals surface area (Å²) in [7, 11) is 0. The first-order chi connectivity index (χ1) is 13.6. The second-order valence-corrected chi connectivity index (χ2v) is 10.2. The Hall–Kier alpha value is -1.67. The highest BCUT2D eigenvalue weighted by molar-refractivity contribution is 7.09. The van der Waals surface area contributed by atoms with Crippen molar-refractivity contribution in [2.24, 2.45) is 5.92 Å². The fraction of sp³-hybridized carbons (Fsp3) is 0.762. The molecule has 0 spiro atoms. The summed E-state index contributed by atoms with van der Waals surface area (Å²) in [6.45, 7) is 13.4. The number of piperidine rings is 1. The third-order valence-electron chi connectivity index (χ3n) is 5.48. The summed E-state index contributed by atoms with van der Waals surface area (Å²) in [5, 5.41) is 6.06. The van der Waals surface area contributed by atoms with Crippen LogP contribution < -0.4 is 5.32 Å². The maximum absolute atomic E-state index is 12.9. The van der Waals surface area contributed by atoms with E-state index in [0.29, 0.717) is 32.7 Å². The molecule has 2 unspecified atom stereocenters. The first kappa shape index (κ1) is 22.0. The SMILES string of the molecule is CC1CN(C(=O)C2CCN(C(=O)NCc3csc(C(C)(C)C)n3)CC2)CC(C)O1. The maximum Gasteiger partial charge on any atom is 0.317 e. The van der Waals surface area contributed by atoms with Crippen molar-refractivity contribution in [1.82, 2.24) is 20.1 Å². The predicted molar refractivity (Wildman–Crippen MR) is 114 cm³/mol. The van der Waals surface area contributed by atoms with Crippen LogP contribution in [0.3, 0.4) is 0 Å². The van der Waals surface area contributed by atoms with Crippen LogP contribution in [0.25, 0.3) is 0 Å². The van der Waals surface area contributed by atoms with Crippen molar-refractivity contribution < 1.29 is 14.3 Å². The van der Waals surface area contributed by atoms with Crippen LogP contribution in [0.1, 0.15) is 58.2 Å². The van der Waals surface area contributed by atoms with E-state index in [0.717, 1.165) is 23.5 Å². The highest BCUT2D eigenvalue weighted by Crippen LogP contribution is 2.26. The Morgan fingerprint density at radius 1 is 1.17 bits per heavy atom. The summed E-state index contributed by atoms with van der Waals surface area (Å²) in [6.07, 6.45) is 1.60. The van der Waals surface area contributed by atoms with E-state index in [4.69, 9.17) is 4.74 Å². The number of rotatable bonds is 3. The quantitative estimate of drug-likeness (QED) is 0.813. The molecule has 0 saturated carbocycles. The number of hydrogen-bond donors (Lipinski definition) is 1. The number of hydrogen-bond acceptors (Lipinski definition) is 5. The molecule has 2 atom stereocenters. The van der Waals surface area contributed by atoms with Crippen LogP contribution in [0.15, 0.2) is 5.38 Å². The van der Waals surface area contributed by atoms with Crippen LogP contribution in [-0.2, 0) is 21.5 Å². The number of urea groups is 1. The van der Waals surface area contributed by atoms with Gasteiger partial charge in [-0.1, -0.05) is 20.8 Å². The smallest absolute Gasteiger partial charge is 0.317 e. The Balaban J connectivity index is 1.44. The van der Waals surface area contributed by atoms with Gasteiger partial charge in [0.25, 0.3) is 0 Å². The summed E-state index contributed by atoms with van der Waals surface area (Å²) in [6, 6.07) is -0.0742. The second kappa shape index (κ2) is 9.00. The van der Waals surface area contributed by atoms with Gasteiger partial charge in [-0.3, -0.25) is 4.79 Å². The maximum atomic E-state index is 12.9. The van der Waals surface area contributed by atoms with Crippen molar-refractivity contribution in [1.29, 1.82) is 0 Å². The number of morpholine rings is 1. The zero-order valence-corrected chi connectivity index (χ0v) is 19.1. The number of aromatic nitrogens is 1. The molecule has 7 nitrogen and oxygen atoms in total. The molecule has 3 amide bonds. The molecule has 0 bridgehead atoms. The van der Waals surface area contributed by atoms with Crippen molar-refractivity contribution in [2.75, 3.05) is 26.2 Å². The number of amides is 3. The lowest BCUT2D eigenvalue weighted by molar-refractivity contribution is -0.148. The predicted octanol–water partition coefficient (Wildman–Crippen LogP) is 3.00. The van der Waals surface area contributed by atoms with Gasteiger partial charge in [0.2, 0.25) is 5.91 Å². The lowest BCUT2D eigenvalue weighted by Gasteiger charge is -2.39. The molecule has 8 heteroatoms. The zero-order valence-electron chi connectivity index (χ0n) is 18.2. The second-order valence-electron chi connectivity index (χ2n) is 9.31. The molecule has 1 aromatic heterocycles. The van der Waals surface area contributed by atoms with Crippen molar-refractivity contribution in [3.8, 4) is 0 Å². The molecule has 3 rings (SSSR count). The first-order valence-corrected chi connectivity index (χ1v) is 11.4. The number of carbonyl (C=O) groups excluding carboxylic acids is 2. The Morgan fingerprint density at radius 2 is 1.79 bits per heavy atom. The summed E-state index contributed by atoms with van der Waals surface area (Å²) >= 11 is 1.63. The van der Waals surface area contributed by atoms with Gasteiger partial charge in [-0.05, 0) is 26.7 Å². The van der Waals surface area contributed by atoms with Gasteiger partial charge in [0.05, 0.1) is 29.5 Å². The normalized spacial score (nSPS) is 23.9. The summed E-state index contributed by atoms with van der Waals surface area (Å²) in [4.78, 5) is 33.7. The van der Waals surface area contributed by atoms with Gasteiger partial charge in [0, 0.05) is 42.9 Å². The van der Waals surface area contributed by atoms with Crippen LogP contribution in [0.5, 0.6) is 0 Å². The van der Waals surface area contributed by atoms with Gasteiger partial charge >= 0.3 is 6.03 Å². The summed E-state index contributed by atoms with van der Waals surface area (Å²) in [5.41, 5.74) is 0.922. The Labute approximate surface area is 177 Å². The number of nitrogens with one attached hydrogen (secondary N) is 1. The molecule has 1 N–H and O–H groups in total. The van der Waals surface area contributed by atoms with E-state index in [1.165, 1.54) is 0 Å². The molecule has 3 heterocycles. The van der Waals surface area contributed by atoms with Gasteiger partial charge < -0.3 is 19.9 Å². The molecular weight excluding hydrogens is 388 g/mol. The van der Waals surface area contributed by atoms with Crippen LogP contribution in [-0.4, -0.2) is 65.1 Å². The van der Waals surface area contributed by atoms with E-state index in [1.807, 2.05) is 29.0 Å². The minimum Gasteiger partial charge on any atom is -0.372 e. The molecule has 2 saturated heterocycles.